The summed E-state index contributed by atoms with van der Waals surface area (Å²) in [6, 6.07) is 17.3. The average Bonchev–Trinajstić information content (AvgIpc) is 2.74. The number of benzene rings is 2. The Morgan fingerprint density at radius 1 is 1.10 bits per heavy atom. The fourth-order valence-corrected chi connectivity index (χ4v) is 3.60. The van der Waals surface area contributed by atoms with E-state index in [1.165, 1.54) is 5.56 Å². The predicted molar refractivity (Wildman–Crippen MR) is 114 cm³/mol. The normalized spacial score (nSPS) is 18.7. The molecule has 1 heterocycles. The van der Waals surface area contributed by atoms with Crippen molar-refractivity contribution in [1.82, 2.24) is 10.6 Å². The highest BCUT2D eigenvalue weighted by molar-refractivity contribution is 5.93. The van der Waals surface area contributed by atoms with Crippen molar-refractivity contribution in [3.05, 3.63) is 65.7 Å². The molecule has 0 bridgehead atoms. The maximum atomic E-state index is 12.2. The van der Waals surface area contributed by atoms with Gasteiger partial charge in [-0.05, 0) is 62.4 Å². The molecule has 0 saturated carbocycles. The van der Waals surface area contributed by atoms with Gasteiger partial charge in [0.2, 0.25) is 0 Å². The van der Waals surface area contributed by atoms with Crippen LogP contribution in [0.1, 0.15) is 35.7 Å². The molecule has 3 N–H and O–H groups in total. The van der Waals surface area contributed by atoms with Crippen LogP contribution in [0.25, 0.3) is 0 Å². The fourth-order valence-electron chi connectivity index (χ4n) is 3.60. The summed E-state index contributed by atoms with van der Waals surface area (Å²) in [5.41, 5.74) is 2.36. The Morgan fingerprint density at radius 2 is 1.93 bits per heavy atom. The minimum atomic E-state index is -0.395. The molecule has 154 valence electrons. The predicted octanol–water partition coefficient (Wildman–Crippen LogP) is 3.60. The molecule has 2 aromatic carbocycles. The first-order valence-corrected chi connectivity index (χ1v) is 10.2. The molecule has 2 aromatic rings. The van der Waals surface area contributed by atoms with Crippen molar-refractivity contribution >= 4 is 17.7 Å². The van der Waals surface area contributed by atoms with Crippen LogP contribution in [0.4, 0.5) is 10.5 Å². The standard InChI is InChI=1S/C23H29N3O3/c1-2-29-22(27)19-9-6-10-20(14-19)26-23(28)25-16-21-12-11-18(15-24-21)13-17-7-4-3-5-8-17/h3-10,14,18,21,24H,2,11-13,15-16H2,1H3,(H2,25,26,28)/t18-,21+/m0/s1. The van der Waals surface area contributed by atoms with E-state index in [2.05, 4.69) is 40.2 Å². The zero-order valence-corrected chi connectivity index (χ0v) is 16.8. The van der Waals surface area contributed by atoms with Gasteiger partial charge in [0.05, 0.1) is 12.2 Å². The second kappa shape index (κ2) is 10.6. The van der Waals surface area contributed by atoms with Gasteiger partial charge >= 0.3 is 12.0 Å². The third-order valence-corrected chi connectivity index (χ3v) is 5.13. The van der Waals surface area contributed by atoms with Gasteiger partial charge in [0, 0.05) is 18.3 Å². The molecule has 2 atom stereocenters. The molecule has 3 rings (SSSR count). The molecule has 1 saturated heterocycles. The second-order valence-corrected chi connectivity index (χ2v) is 7.37. The monoisotopic (exact) mass is 395 g/mol. The summed E-state index contributed by atoms with van der Waals surface area (Å²) in [4.78, 5) is 24.0. The largest absolute Gasteiger partial charge is 0.462 e. The molecule has 6 heteroatoms. The van der Waals surface area contributed by atoms with E-state index in [4.69, 9.17) is 4.74 Å². The van der Waals surface area contributed by atoms with Crippen LogP contribution in [-0.4, -0.2) is 37.7 Å². The van der Waals surface area contributed by atoms with E-state index in [0.717, 1.165) is 25.8 Å². The van der Waals surface area contributed by atoms with Crippen molar-refractivity contribution in [2.45, 2.75) is 32.2 Å². The topological polar surface area (TPSA) is 79.5 Å². The first-order chi connectivity index (χ1) is 14.1. The molecule has 29 heavy (non-hydrogen) atoms. The number of urea groups is 1. The minimum Gasteiger partial charge on any atom is -0.462 e. The Bertz CT molecular complexity index is 802. The van der Waals surface area contributed by atoms with Crippen LogP contribution < -0.4 is 16.0 Å². The SMILES string of the molecule is CCOC(=O)c1cccc(NC(=O)NC[C@H]2CC[C@@H](Cc3ccccc3)CN2)c1. The van der Waals surface area contributed by atoms with Gasteiger partial charge in [0.15, 0.2) is 0 Å². The van der Waals surface area contributed by atoms with E-state index in [-0.39, 0.29) is 12.1 Å². The van der Waals surface area contributed by atoms with Gasteiger partial charge in [-0.3, -0.25) is 0 Å². The van der Waals surface area contributed by atoms with Gasteiger partial charge in [-0.25, -0.2) is 9.59 Å². The highest BCUT2D eigenvalue weighted by Gasteiger charge is 2.21. The molecule has 0 aromatic heterocycles. The minimum absolute atomic E-state index is 0.277. The highest BCUT2D eigenvalue weighted by atomic mass is 16.5. The van der Waals surface area contributed by atoms with Crippen molar-refractivity contribution in [1.29, 1.82) is 0 Å². The number of carbonyl (C=O) groups is 2. The first kappa shape index (κ1) is 20.9. The summed E-state index contributed by atoms with van der Waals surface area (Å²) in [6.07, 6.45) is 3.28. The highest BCUT2D eigenvalue weighted by Crippen LogP contribution is 2.19. The molecule has 0 spiro atoms. The number of nitrogens with one attached hydrogen (secondary N) is 3. The van der Waals surface area contributed by atoms with Crippen molar-refractivity contribution < 1.29 is 14.3 Å². The van der Waals surface area contributed by atoms with Crippen molar-refractivity contribution in [3.8, 4) is 0 Å². The van der Waals surface area contributed by atoms with Crippen molar-refractivity contribution in [3.63, 3.8) is 0 Å². The van der Waals surface area contributed by atoms with E-state index >= 15 is 0 Å². The van der Waals surface area contributed by atoms with Crippen molar-refractivity contribution in [2.24, 2.45) is 5.92 Å². The molecule has 6 nitrogen and oxygen atoms in total. The van der Waals surface area contributed by atoms with Gasteiger partial charge in [-0.15, -0.1) is 0 Å². The lowest BCUT2D eigenvalue weighted by Gasteiger charge is -2.30. The number of amides is 2. The maximum absolute atomic E-state index is 12.2. The van der Waals surface area contributed by atoms with E-state index in [1.807, 2.05) is 6.07 Å². The lowest BCUT2D eigenvalue weighted by molar-refractivity contribution is 0.0526. The van der Waals surface area contributed by atoms with Crippen LogP contribution >= 0.6 is 0 Å². The summed E-state index contributed by atoms with van der Waals surface area (Å²) in [7, 11) is 0. The Labute approximate surface area is 172 Å². The lowest BCUT2D eigenvalue weighted by Crippen LogP contribution is -2.47. The van der Waals surface area contributed by atoms with Gasteiger partial charge in [-0.2, -0.15) is 0 Å². The molecule has 2 amide bonds. The van der Waals surface area contributed by atoms with Crippen LogP contribution in [0.5, 0.6) is 0 Å². The number of anilines is 1. The molecule has 0 radical (unpaired) electrons. The van der Waals surface area contributed by atoms with Gasteiger partial charge in [0.25, 0.3) is 0 Å². The summed E-state index contributed by atoms with van der Waals surface area (Å²) in [5.74, 6) is 0.237. The fraction of sp³-hybridized carbons (Fsp3) is 0.391. The molecule has 1 fully saturated rings. The summed E-state index contributed by atoms with van der Waals surface area (Å²) in [5, 5.41) is 9.23. The summed E-state index contributed by atoms with van der Waals surface area (Å²) in [6.45, 7) is 3.61. The molecular formula is C23H29N3O3. The van der Waals surface area contributed by atoms with E-state index in [0.29, 0.717) is 30.3 Å². The third-order valence-electron chi connectivity index (χ3n) is 5.13. The smallest absolute Gasteiger partial charge is 0.338 e. The number of hydrogen-bond donors (Lipinski definition) is 3. The molecule has 0 aliphatic carbocycles. The van der Waals surface area contributed by atoms with E-state index in [9.17, 15) is 9.59 Å². The average molecular weight is 396 g/mol. The Hall–Kier alpha value is -2.86. The molecular weight excluding hydrogens is 366 g/mol. The van der Waals surface area contributed by atoms with Gasteiger partial charge in [0.1, 0.15) is 0 Å². The summed E-state index contributed by atoms with van der Waals surface area (Å²) >= 11 is 0. The third kappa shape index (κ3) is 6.61. The van der Waals surface area contributed by atoms with E-state index in [1.54, 1.807) is 31.2 Å². The number of piperidine rings is 1. The zero-order valence-electron chi connectivity index (χ0n) is 16.8. The Morgan fingerprint density at radius 3 is 2.66 bits per heavy atom. The Balaban J connectivity index is 1.39. The quantitative estimate of drug-likeness (QED) is 0.626. The molecule has 1 aliphatic heterocycles. The van der Waals surface area contributed by atoms with Crippen LogP contribution in [0.3, 0.4) is 0 Å². The van der Waals surface area contributed by atoms with Gasteiger partial charge < -0.3 is 20.7 Å². The van der Waals surface area contributed by atoms with Crippen LogP contribution in [0.2, 0.25) is 0 Å². The first-order valence-electron chi connectivity index (χ1n) is 10.2. The van der Waals surface area contributed by atoms with Crippen LogP contribution in [-0.2, 0) is 11.2 Å². The number of hydrogen-bond acceptors (Lipinski definition) is 4. The summed E-state index contributed by atoms with van der Waals surface area (Å²) < 4.78 is 4.99. The lowest BCUT2D eigenvalue weighted by atomic mass is 9.89. The number of carbonyl (C=O) groups excluding carboxylic acids is 2. The number of rotatable bonds is 7. The zero-order chi connectivity index (χ0) is 20.5. The van der Waals surface area contributed by atoms with Crippen LogP contribution in [0.15, 0.2) is 54.6 Å². The Kier molecular flexibility index (Phi) is 7.64. The van der Waals surface area contributed by atoms with Gasteiger partial charge in [-0.1, -0.05) is 36.4 Å². The number of esters is 1. The molecule has 0 unspecified atom stereocenters. The van der Waals surface area contributed by atoms with E-state index < -0.39 is 5.97 Å². The number of ether oxygens (including phenoxy) is 1. The second-order valence-electron chi connectivity index (χ2n) is 7.37. The van der Waals surface area contributed by atoms with Crippen molar-refractivity contribution in [2.75, 3.05) is 25.0 Å². The molecule has 1 aliphatic rings. The maximum Gasteiger partial charge on any atom is 0.338 e. The van der Waals surface area contributed by atoms with Crippen LogP contribution in [0, 0.1) is 5.92 Å².